The van der Waals surface area contributed by atoms with Crippen molar-refractivity contribution in [1.82, 2.24) is 9.55 Å². The molecule has 2 heterocycles. The Morgan fingerprint density at radius 3 is 2.48 bits per heavy atom. The zero-order valence-electron chi connectivity index (χ0n) is 17.5. The normalized spacial score (nSPS) is 12.2. The van der Waals surface area contributed by atoms with Crippen LogP contribution in [0.4, 0.5) is 0 Å². The van der Waals surface area contributed by atoms with E-state index in [1.165, 1.54) is 15.9 Å². The van der Waals surface area contributed by atoms with Gasteiger partial charge >= 0.3 is 5.97 Å². The van der Waals surface area contributed by atoms with E-state index in [2.05, 4.69) is 4.98 Å². The van der Waals surface area contributed by atoms with Gasteiger partial charge in [0.25, 0.3) is 5.56 Å². The maximum Gasteiger partial charge on any atom is 0.326 e. The maximum atomic E-state index is 13.6. The third kappa shape index (κ3) is 4.16. The fourth-order valence-electron chi connectivity index (χ4n) is 3.87. The summed E-state index contributed by atoms with van der Waals surface area (Å²) in [6.07, 6.45) is 1.38. The van der Waals surface area contributed by atoms with Gasteiger partial charge < -0.3 is 5.11 Å². The Morgan fingerprint density at radius 1 is 1.13 bits per heavy atom. The predicted molar refractivity (Wildman–Crippen MR) is 125 cm³/mol. The van der Waals surface area contributed by atoms with Crippen LogP contribution < -0.4 is 5.56 Å². The zero-order chi connectivity index (χ0) is 22.0. The van der Waals surface area contributed by atoms with Crippen LogP contribution >= 0.6 is 11.3 Å². The van der Waals surface area contributed by atoms with Crippen molar-refractivity contribution in [2.24, 2.45) is 0 Å². The molecule has 2 aromatic heterocycles. The number of hydrogen-bond donors (Lipinski definition) is 1. The molecule has 0 amide bonds. The molecule has 0 spiro atoms. The molecule has 0 radical (unpaired) electrons. The third-order valence-corrected chi connectivity index (χ3v) is 6.41. The largest absolute Gasteiger partial charge is 0.480 e. The van der Waals surface area contributed by atoms with Crippen LogP contribution in [0.5, 0.6) is 0 Å². The number of thiophene rings is 1. The summed E-state index contributed by atoms with van der Waals surface area (Å²) in [5.41, 5.74) is 3.66. The summed E-state index contributed by atoms with van der Waals surface area (Å²) in [7, 11) is 0. The minimum Gasteiger partial charge on any atom is -0.480 e. The fourth-order valence-corrected chi connectivity index (χ4v) is 4.82. The van der Waals surface area contributed by atoms with Crippen LogP contribution in [-0.4, -0.2) is 20.6 Å². The average Bonchev–Trinajstić information content (AvgIpc) is 3.21. The number of aryl methyl sites for hydroxylation is 3. The van der Waals surface area contributed by atoms with Crippen molar-refractivity contribution in [2.75, 3.05) is 0 Å². The second-order valence-corrected chi connectivity index (χ2v) is 8.49. The topological polar surface area (TPSA) is 72.2 Å². The standard InChI is InChI=1S/C25H24N2O3S/c1-3-21-26-23-22(19(15-31-23)18-7-5-4-6-8-18)24(28)27(21)20(25(29)30)14-13-17-11-9-16(2)10-12-17/h4-12,15,20H,3,13-14H2,1-2H3,(H,29,30). The van der Waals surface area contributed by atoms with Gasteiger partial charge in [-0.3, -0.25) is 9.36 Å². The number of nitrogens with zero attached hydrogens (tertiary/aromatic N) is 2. The molecule has 0 saturated carbocycles. The molecule has 0 aliphatic carbocycles. The summed E-state index contributed by atoms with van der Waals surface area (Å²) in [4.78, 5) is 31.2. The average molecular weight is 433 g/mol. The van der Waals surface area contributed by atoms with E-state index in [9.17, 15) is 14.7 Å². The first-order chi connectivity index (χ1) is 15.0. The van der Waals surface area contributed by atoms with Crippen LogP contribution in [0, 0.1) is 6.92 Å². The Balaban J connectivity index is 1.81. The van der Waals surface area contributed by atoms with Crippen molar-refractivity contribution < 1.29 is 9.90 Å². The van der Waals surface area contributed by atoms with Crippen molar-refractivity contribution >= 4 is 27.5 Å². The lowest BCUT2D eigenvalue weighted by atomic mass is 10.0. The molecule has 6 heteroatoms. The molecule has 0 fully saturated rings. The van der Waals surface area contributed by atoms with Gasteiger partial charge in [0.15, 0.2) is 0 Å². The summed E-state index contributed by atoms with van der Waals surface area (Å²) in [5.74, 6) is -0.503. The first-order valence-electron chi connectivity index (χ1n) is 10.4. The maximum absolute atomic E-state index is 13.6. The van der Waals surface area contributed by atoms with Crippen molar-refractivity contribution in [3.63, 3.8) is 0 Å². The van der Waals surface area contributed by atoms with E-state index >= 15 is 0 Å². The number of carboxylic acids is 1. The first kappa shape index (κ1) is 21.0. The molecule has 0 aliphatic rings. The Morgan fingerprint density at radius 2 is 1.84 bits per heavy atom. The molecule has 0 bridgehead atoms. The smallest absolute Gasteiger partial charge is 0.326 e. The van der Waals surface area contributed by atoms with E-state index in [-0.39, 0.29) is 5.56 Å². The van der Waals surface area contributed by atoms with Gasteiger partial charge in [0, 0.05) is 17.4 Å². The van der Waals surface area contributed by atoms with Gasteiger partial charge in [0.1, 0.15) is 16.7 Å². The first-order valence-corrected chi connectivity index (χ1v) is 11.2. The minimum absolute atomic E-state index is 0.279. The van der Waals surface area contributed by atoms with E-state index in [4.69, 9.17) is 0 Å². The third-order valence-electron chi connectivity index (χ3n) is 5.54. The van der Waals surface area contributed by atoms with E-state index < -0.39 is 12.0 Å². The lowest BCUT2D eigenvalue weighted by molar-refractivity contribution is -0.141. The van der Waals surface area contributed by atoms with Gasteiger partial charge in [-0.1, -0.05) is 67.1 Å². The molecule has 158 valence electrons. The van der Waals surface area contributed by atoms with Crippen LogP contribution in [0.1, 0.15) is 36.3 Å². The molecular formula is C25H24N2O3S. The number of fused-ring (bicyclic) bond motifs is 1. The van der Waals surface area contributed by atoms with Gasteiger partial charge in [0.05, 0.1) is 5.39 Å². The van der Waals surface area contributed by atoms with Gasteiger partial charge in [-0.2, -0.15) is 0 Å². The molecule has 2 aromatic carbocycles. The Hall–Kier alpha value is -3.25. The molecule has 5 nitrogen and oxygen atoms in total. The van der Waals surface area contributed by atoms with Crippen molar-refractivity contribution in [3.8, 4) is 11.1 Å². The highest BCUT2D eigenvalue weighted by Gasteiger charge is 2.26. The minimum atomic E-state index is -1.01. The summed E-state index contributed by atoms with van der Waals surface area (Å²) in [6, 6.07) is 16.7. The number of benzene rings is 2. The Labute approximate surface area is 184 Å². The van der Waals surface area contributed by atoms with E-state index in [1.54, 1.807) is 0 Å². The van der Waals surface area contributed by atoms with Gasteiger partial charge in [-0.25, -0.2) is 9.78 Å². The van der Waals surface area contributed by atoms with Gasteiger partial charge in [-0.15, -0.1) is 11.3 Å². The highest BCUT2D eigenvalue weighted by molar-refractivity contribution is 7.17. The number of carbonyl (C=O) groups is 1. The molecule has 1 unspecified atom stereocenters. The van der Waals surface area contributed by atoms with Gasteiger partial charge in [0.2, 0.25) is 0 Å². The Kier molecular flexibility index (Phi) is 6.00. The fraction of sp³-hybridized carbons (Fsp3) is 0.240. The van der Waals surface area contributed by atoms with Gasteiger partial charge in [-0.05, 0) is 30.9 Å². The molecule has 1 N–H and O–H groups in total. The number of carboxylic acid groups (broad SMARTS) is 1. The van der Waals surface area contributed by atoms with Crippen LogP contribution in [0.25, 0.3) is 21.3 Å². The van der Waals surface area contributed by atoms with Crippen molar-refractivity contribution in [1.29, 1.82) is 0 Å². The highest BCUT2D eigenvalue weighted by atomic mass is 32.1. The second kappa shape index (κ2) is 8.86. The highest BCUT2D eigenvalue weighted by Crippen LogP contribution is 2.31. The molecule has 4 rings (SSSR count). The van der Waals surface area contributed by atoms with Crippen LogP contribution in [-0.2, 0) is 17.6 Å². The predicted octanol–water partition coefficient (Wildman–Crippen LogP) is 5.25. The Bertz CT molecular complexity index is 1270. The molecule has 4 aromatic rings. The number of hydrogen-bond acceptors (Lipinski definition) is 4. The number of rotatable bonds is 7. The number of aliphatic carboxylic acids is 1. The van der Waals surface area contributed by atoms with E-state index in [0.29, 0.717) is 35.3 Å². The monoisotopic (exact) mass is 432 g/mol. The summed E-state index contributed by atoms with van der Waals surface area (Å²) < 4.78 is 1.40. The van der Waals surface area contributed by atoms with Crippen LogP contribution in [0.15, 0.2) is 64.8 Å². The summed E-state index contributed by atoms with van der Waals surface area (Å²) in [6.45, 7) is 3.91. The SMILES string of the molecule is CCc1nc2scc(-c3ccccc3)c2c(=O)n1C(CCc1ccc(C)cc1)C(=O)O. The second-order valence-electron chi connectivity index (χ2n) is 7.63. The quantitative estimate of drug-likeness (QED) is 0.433. The lowest BCUT2D eigenvalue weighted by Crippen LogP contribution is -2.33. The molecule has 31 heavy (non-hydrogen) atoms. The van der Waals surface area contributed by atoms with Crippen molar-refractivity contribution in [2.45, 2.75) is 39.2 Å². The molecule has 0 saturated heterocycles. The summed E-state index contributed by atoms with van der Waals surface area (Å²) in [5, 5.41) is 12.4. The lowest BCUT2D eigenvalue weighted by Gasteiger charge is -2.19. The van der Waals surface area contributed by atoms with E-state index in [1.807, 2.05) is 73.8 Å². The molecule has 1 atom stereocenters. The number of aromatic nitrogens is 2. The zero-order valence-corrected chi connectivity index (χ0v) is 18.4. The van der Waals surface area contributed by atoms with Crippen molar-refractivity contribution in [3.05, 3.63) is 87.3 Å². The summed E-state index contributed by atoms with van der Waals surface area (Å²) >= 11 is 1.42. The molecular weight excluding hydrogens is 408 g/mol. The van der Waals surface area contributed by atoms with Crippen LogP contribution in [0.2, 0.25) is 0 Å². The van der Waals surface area contributed by atoms with E-state index in [0.717, 1.165) is 22.3 Å². The molecule has 0 aliphatic heterocycles. The van der Waals surface area contributed by atoms with Crippen LogP contribution in [0.3, 0.4) is 0 Å².